The Kier molecular flexibility index (Phi) is 5.90. The fourth-order valence-electron chi connectivity index (χ4n) is 3.53. The summed E-state index contributed by atoms with van der Waals surface area (Å²) >= 11 is 0. The molecule has 2 N–H and O–H groups in total. The average Bonchev–Trinajstić information content (AvgIpc) is 3.02. The Balaban J connectivity index is 1.87. The minimum Gasteiger partial charge on any atom is -0.444 e. The van der Waals surface area contributed by atoms with E-state index >= 15 is 0 Å². The molecule has 1 aromatic carbocycles. The first-order valence-corrected chi connectivity index (χ1v) is 10.4. The van der Waals surface area contributed by atoms with Crippen LogP contribution in [0.15, 0.2) is 18.2 Å². The maximum Gasteiger partial charge on any atom is 0.410 e. The van der Waals surface area contributed by atoms with Crippen LogP contribution >= 0.6 is 0 Å². The summed E-state index contributed by atoms with van der Waals surface area (Å²) in [7, 11) is 0. The maximum atomic E-state index is 13.7. The number of carbonyl (C=O) groups excluding carboxylic acids is 2. The fraction of sp³-hybridized carbons (Fsp3) is 0.591. The molecule has 1 saturated heterocycles. The number of hydrogen-bond donors (Lipinski definition) is 2. The zero-order valence-corrected chi connectivity index (χ0v) is 19.0. The van der Waals surface area contributed by atoms with E-state index in [1.165, 1.54) is 12.1 Å². The smallest absolute Gasteiger partial charge is 0.410 e. The van der Waals surface area contributed by atoms with Crippen LogP contribution in [-0.2, 0) is 15.0 Å². The number of amides is 2. The molecule has 170 valence electrons. The second-order valence-corrected chi connectivity index (χ2v) is 9.92. The molecule has 31 heavy (non-hydrogen) atoms. The summed E-state index contributed by atoms with van der Waals surface area (Å²) in [6.07, 6.45) is -0.184. The number of alkyl carbamates (subject to hydrolysis) is 1. The monoisotopic (exact) mass is 434 g/mol. The number of carbonyl (C=O) groups is 2. The van der Waals surface area contributed by atoms with Crippen molar-refractivity contribution in [1.82, 2.24) is 20.2 Å². The van der Waals surface area contributed by atoms with Crippen LogP contribution in [0.5, 0.6) is 0 Å². The number of H-pyrrole nitrogens is 1. The highest BCUT2D eigenvalue weighted by Gasteiger charge is 2.43. The van der Waals surface area contributed by atoms with Gasteiger partial charge in [0, 0.05) is 13.1 Å². The van der Waals surface area contributed by atoms with Crippen molar-refractivity contribution in [2.45, 2.75) is 71.1 Å². The first kappa shape index (κ1) is 22.8. The van der Waals surface area contributed by atoms with Crippen molar-refractivity contribution in [3.8, 4) is 0 Å². The van der Waals surface area contributed by atoms with E-state index in [0.717, 1.165) is 0 Å². The average molecular weight is 435 g/mol. The Morgan fingerprint density at radius 3 is 2.29 bits per heavy atom. The summed E-state index contributed by atoms with van der Waals surface area (Å²) in [4.78, 5) is 34.5. The summed E-state index contributed by atoms with van der Waals surface area (Å²) in [5.41, 5.74) is -1.02. The van der Waals surface area contributed by atoms with Crippen molar-refractivity contribution in [3.63, 3.8) is 0 Å². The number of aromatic amines is 1. The second-order valence-electron chi connectivity index (χ2n) is 9.92. The highest BCUT2D eigenvalue weighted by atomic mass is 19.1. The Hall–Kier alpha value is -2.84. The van der Waals surface area contributed by atoms with Gasteiger partial charge in [-0.05, 0) is 72.6 Å². The molecule has 1 aromatic heterocycles. The van der Waals surface area contributed by atoms with Crippen LogP contribution < -0.4 is 5.32 Å². The molecule has 0 aliphatic carbocycles. The predicted molar refractivity (Wildman–Crippen MR) is 114 cm³/mol. The molecule has 0 unspecified atom stereocenters. The Labute approximate surface area is 181 Å². The summed E-state index contributed by atoms with van der Waals surface area (Å²) in [5, 5.41) is 2.96. The minimum atomic E-state index is -0.893. The van der Waals surface area contributed by atoms with Crippen molar-refractivity contribution in [3.05, 3.63) is 29.8 Å². The molecular weight excluding hydrogens is 403 g/mol. The van der Waals surface area contributed by atoms with E-state index in [9.17, 15) is 14.0 Å². The topological polar surface area (TPSA) is 96.5 Å². The molecule has 0 radical (unpaired) electrons. The van der Waals surface area contributed by atoms with Crippen LogP contribution in [0.1, 0.15) is 60.2 Å². The molecule has 0 saturated carbocycles. The number of hydrogen-bond acceptors (Lipinski definition) is 5. The summed E-state index contributed by atoms with van der Waals surface area (Å²) in [5.74, 6) is 0.124. The number of rotatable bonds is 2. The number of nitrogens with one attached hydrogen (secondary N) is 2. The molecule has 2 heterocycles. The molecule has 0 atom stereocenters. The molecule has 2 amide bonds. The van der Waals surface area contributed by atoms with Gasteiger partial charge in [0.1, 0.15) is 28.4 Å². The summed E-state index contributed by atoms with van der Waals surface area (Å²) in [6.45, 7) is 11.5. The Morgan fingerprint density at radius 1 is 1.10 bits per heavy atom. The third-order valence-electron chi connectivity index (χ3n) is 4.91. The van der Waals surface area contributed by atoms with E-state index in [-0.39, 0.29) is 5.82 Å². The lowest BCUT2D eigenvalue weighted by atomic mass is 9.86. The van der Waals surface area contributed by atoms with E-state index in [1.807, 2.05) is 20.8 Å². The van der Waals surface area contributed by atoms with E-state index in [1.54, 1.807) is 31.7 Å². The van der Waals surface area contributed by atoms with Crippen LogP contribution in [-0.4, -0.2) is 51.3 Å². The van der Waals surface area contributed by atoms with Crippen LogP contribution in [0, 0.1) is 5.82 Å². The third kappa shape index (κ3) is 5.65. The van der Waals surface area contributed by atoms with Crippen molar-refractivity contribution < 1.29 is 23.5 Å². The largest absolute Gasteiger partial charge is 0.444 e. The van der Waals surface area contributed by atoms with Gasteiger partial charge in [0.2, 0.25) is 0 Å². The van der Waals surface area contributed by atoms with Crippen LogP contribution in [0.4, 0.5) is 14.0 Å². The third-order valence-corrected chi connectivity index (χ3v) is 4.91. The van der Waals surface area contributed by atoms with Gasteiger partial charge >= 0.3 is 12.2 Å². The van der Waals surface area contributed by atoms with Gasteiger partial charge in [-0.2, -0.15) is 0 Å². The highest BCUT2D eigenvalue weighted by molar-refractivity contribution is 5.76. The zero-order chi connectivity index (χ0) is 23.0. The van der Waals surface area contributed by atoms with Crippen molar-refractivity contribution in [1.29, 1.82) is 0 Å². The second kappa shape index (κ2) is 8.01. The van der Waals surface area contributed by atoms with E-state index in [2.05, 4.69) is 15.3 Å². The van der Waals surface area contributed by atoms with E-state index in [4.69, 9.17) is 9.47 Å². The summed E-state index contributed by atoms with van der Waals surface area (Å²) < 4.78 is 24.6. The first-order chi connectivity index (χ1) is 14.3. The molecule has 9 heteroatoms. The maximum absolute atomic E-state index is 13.7. The molecule has 1 aliphatic heterocycles. The standard InChI is InChI=1S/C22H31FN4O4/c1-20(2,3)30-18(28)26-22(17-24-15-8-7-14(23)13-16(15)25-17)9-11-27(12-10-22)19(29)31-21(4,5)6/h7-8,13H,9-12H2,1-6H3,(H,24,25)(H,26,28). The molecular formula is C22H31FN4O4. The zero-order valence-electron chi connectivity index (χ0n) is 19.0. The van der Waals surface area contributed by atoms with E-state index < -0.39 is 28.9 Å². The summed E-state index contributed by atoms with van der Waals surface area (Å²) in [6, 6.07) is 4.29. The first-order valence-electron chi connectivity index (χ1n) is 10.4. The van der Waals surface area contributed by atoms with Gasteiger partial charge in [0.05, 0.1) is 11.0 Å². The van der Waals surface area contributed by atoms with Gasteiger partial charge in [-0.15, -0.1) is 0 Å². The molecule has 1 aliphatic rings. The molecule has 8 nitrogen and oxygen atoms in total. The number of ether oxygens (including phenoxy) is 2. The minimum absolute atomic E-state index is 0.357. The molecule has 2 aromatic rings. The number of benzene rings is 1. The quantitative estimate of drug-likeness (QED) is 0.728. The number of piperidine rings is 1. The number of likely N-dealkylation sites (tertiary alicyclic amines) is 1. The van der Waals surface area contributed by atoms with Crippen molar-refractivity contribution in [2.75, 3.05) is 13.1 Å². The Morgan fingerprint density at radius 2 is 1.71 bits per heavy atom. The normalized spacial score (nSPS) is 16.8. The fourth-order valence-corrected chi connectivity index (χ4v) is 3.53. The lowest BCUT2D eigenvalue weighted by Gasteiger charge is -2.41. The van der Waals surface area contributed by atoms with Crippen LogP contribution in [0.2, 0.25) is 0 Å². The number of nitrogens with zero attached hydrogens (tertiary/aromatic N) is 2. The van der Waals surface area contributed by atoms with Crippen molar-refractivity contribution >= 4 is 23.2 Å². The van der Waals surface area contributed by atoms with Crippen molar-refractivity contribution in [2.24, 2.45) is 0 Å². The van der Waals surface area contributed by atoms with Gasteiger partial charge in [-0.25, -0.2) is 19.0 Å². The molecule has 3 rings (SSSR count). The Bertz CT molecular complexity index is 966. The number of aromatic nitrogens is 2. The lowest BCUT2D eigenvalue weighted by Crippen LogP contribution is -2.55. The van der Waals surface area contributed by atoms with Gasteiger partial charge in [-0.1, -0.05) is 0 Å². The lowest BCUT2D eigenvalue weighted by molar-refractivity contribution is 0.0107. The predicted octanol–water partition coefficient (Wildman–Crippen LogP) is 4.45. The van der Waals surface area contributed by atoms with Gasteiger partial charge in [0.25, 0.3) is 0 Å². The highest BCUT2D eigenvalue weighted by Crippen LogP contribution is 2.33. The number of imidazole rings is 1. The van der Waals surface area contributed by atoms with Gasteiger partial charge < -0.3 is 24.7 Å². The van der Waals surface area contributed by atoms with Crippen LogP contribution in [0.25, 0.3) is 11.0 Å². The SMILES string of the molecule is CC(C)(C)OC(=O)NC1(c2nc3ccc(F)cc3[nH]2)CCN(C(=O)OC(C)(C)C)CC1. The van der Waals surface area contributed by atoms with Crippen LogP contribution in [0.3, 0.4) is 0 Å². The van der Waals surface area contributed by atoms with Gasteiger partial charge in [0.15, 0.2) is 0 Å². The molecule has 0 spiro atoms. The number of fused-ring (bicyclic) bond motifs is 1. The molecule has 0 bridgehead atoms. The van der Waals surface area contributed by atoms with Gasteiger partial charge in [-0.3, -0.25) is 0 Å². The number of halogens is 1. The van der Waals surface area contributed by atoms with E-state index in [0.29, 0.717) is 42.8 Å². The molecule has 1 fully saturated rings.